The van der Waals surface area contributed by atoms with E-state index in [-0.39, 0.29) is 0 Å². The molecule has 0 saturated carbocycles. The van der Waals surface area contributed by atoms with E-state index >= 15 is 0 Å². The molecule has 0 aliphatic carbocycles. The van der Waals surface area contributed by atoms with Crippen molar-refractivity contribution in [3.8, 4) is 0 Å². The summed E-state index contributed by atoms with van der Waals surface area (Å²) < 4.78 is 15.9. The summed E-state index contributed by atoms with van der Waals surface area (Å²) in [6.07, 6.45) is -1.83. The number of ether oxygens (including phenoxy) is 1. The predicted octanol–water partition coefficient (Wildman–Crippen LogP) is -0.0860. The zero-order valence-electron chi connectivity index (χ0n) is 5.80. The van der Waals surface area contributed by atoms with E-state index in [0.29, 0.717) is 0 Å². The second-order valence-electron chi connectivity index (χ2n) is 1.76. The highest BCUT2D eigenvalue weighted by Gasteiger charge is 2.14. The zero-order chi connectivity index (χ0) is 8.85. The largest absolute Gasteiger partial charge is 0.393 e. The fourth-order valence-corrected chi connectivity index (χ4v) is 0.390. The van der Waals surface area contributed by atoms with Crippen LogP contribution in [-0.4, -0.2) is 24.4 Å². The SMILES string of the molecule is CC(=O)OC(=O)CC(F)[C]=O. The Bertz CT molecular complexity index is 177. The number of esters is 2. The molecule has 1 radical (unpaired) electrons. The van der Waals surface area contributed by atoms with Crippen molar-refractivity contribution in [3.05, 3.63) is 0 Å². The quantitative estimate of drug-likeness (QED) is 0.429. The average Bonchev–Trinajstić information content (AvgIpc) is 1.85. The molecule has 1 atom stereocenters. The van der Waals surface area contributed by atoms with Crippen LogP contribution in [0.4, 0.5) is 4.39 Å². The summed E-state index contributed by atoms with van der Waals surface area (Å²) in [5.41, 5.74) is 0. The van der Waals surface area contributed by atoms with Gasteiger partial charge in [0.05, 0.1) is 6.42 Å². The highest BCUT2D eigenvalue weighted by atomic mass is 19.1. The molecule has 0 aliphatic rings. The molecule has 0 rings (SSSR count). The highest BCUT2D eigenvalue weighted by molar-refractivity contribution is 5.85. The maximum Gasteiger partial charge on any atom is 0.316 e. The van der Waals surface area contributed by atoms with Gasteiger partial charge in [0.1, 0.15) is 0 Å². The van der Waals surface area contributed by atoms with Gasteiger partial charge in [0.2, 0.25) is 6.29 Å². The summed E-state index contributed by atoms with van der Waals surface area (Å²) >= 11 is 0. The number of halogens is 1. The summed E-state index contributed by atoms with van der Waals surface area (Å²) in [5, 5.41) is 0. The Morgan fingerprint density at radius 1 is 1.64 bits per heavy atom. The molecule has 0 N–H and O–H groups in total. The van der Waals surface area contributed by atoms with Gasteiger partial charge in [0, 0.05) is 6.92 Å². The molecule has 0 bridgehead atoms. The van der Waals surface area contributed by atoms with Crippen LogP contribution in [0.5, 0.6) is 0 Å². The maximum absolute atomic E-state index is 12.0. The average molecular weight is 161 g/mol. The second-order valence-corrected chi connectivity index (χ2v) is 1.76. The van der Waals surface area contributed by atoms with Gasteiger partial charge in [-0.3, -0.25) is 14.4 Å². The minimum Gasteiger partial charge on any atom is -0.393 e. The minimum atomic E-state index is -2.01. The number of hydrogen-bond donors (Lipinski definition) is 0. The minimum absolute atomic E-state index is 0.761. The van der Waals surface area contributed by atoms with Gasteiger partial charge < -0.3 is 4.74 Å². The summed E-state index contributed by atoms with van der Waals surface area (Å²) in [4.78, 5) is 30.0. The Balaban J connectivity index is 3.69. The van der Waals surface area contributed by atoms with E-state index in [9.17, 15) is 18.8 Å². The third kappa shape index (κ3) is 5.20. The summed E-state index contributed by atoms with van der Waals surface area (Å²) in [5.74, 6) is -1.89. The van der Waals surface area contributed by atoms with Gasteiger partial charge in [-0.25, -0.2) is 4.39 Å². The lowest BCUT2D eigenvalue weighted by Gasteiger charge is -1.97. The van der Waals surface area contributed by atoms with Gasteiger partial charge in [-0.15, -0.1) is 0 Å². The topological polar surface area (TPSA) is 60.4 Å². The van der Waals surface area contributed by atoms with Crippen molar-refractivity contribution in [1.82, 2.24) is 0 Å². The van der Waals surface area contributed by atoms with Gasteiger partial charge in [-0.1, -0.05) is 0 Å². The van der Waals surface area contributed by atoms with Crippen molar-refractivity contribution in [1.29, 1.82) is 0 Å². The van der Waals surface area contributed by atoms with E-state index in [0.717, 1.165) is 13.2 Å². The maximum atomic E-state index is 12.0. The van der Waals surface area contributed by atoms with Crippen molar-refractivity contribution in [2.75, 3.05) is 0 Å². The van der Waals surface area contributed by atoms with Crippen LogP contribution in [0.3, 0.4) is 0 Å². The third-order valence-electron chi connectivity index (χ3n) is 0.731. The normalized spacial score (nSPS) is 11.8. The van der Waals surface area contributed by atoms with E-state index in [1.165, 1.54) is 0 Å². The van der Waals surface area contributed by atoms with E-state index < -0.39 is 24.5 Å². The van der Waals surface area contributed by atoms with E-state index in [1.807, 2.05) is 0 Å². The van der Waals surface area contributed by atoms with Gasteiger partial charge in [0.25, 0.3) is 0 Å². The Morgan fingerprint density at radius 2 is 2.18 bits per heavy atom. The molecule has 11 heavy (non-hydrogen) atoms. The molecule has 5 heteroatoms. The van der Waals surface area contributed by atoms with Crippen molar-refractivity contribution in [3.63, 3.8) is 0 Å². The second kappa shape index (κ2) is 4.54. The molecule has 0 amide bonds. The van der Waals surface area contributed by atoms with Crippen LogP contribution in [0.2, 0.25) is 0 Å². The molecule has 0 aromatic heterocycles. The standard InChI is InChI=1S/C6H6FO4/c1-4(9)11-6(10)2-5(7)3-8/h5H,2H2,1H3. The van der Waals surface area contributed by atoms with Crippen molar-refractivity contribution in [2.45, 2.75) is 19.5 Å². The zero-order valence-corrected chi connectivity index (χ0v) is 5.80. The molecule has 0 saturated heterocycles. The predicted molar refractivity (Wildman–Crippen MR) is 32.0 cm³/mol. The molecule has 0 aromatic rings. The molecule has 0 spiro atoms. The third-order valence-corrected chi connectivity index (χ3v) is 0.731. The smallest absolute Gasteiger partial charge is 0.316 e. The monoisotopic (exact) mass is 161 g/mol. The Morgan fingerprint density at radius 3 is 2.55 bits per heavy atom. The van der Waals surface area contributed by atoms with Crippen LogP contribution in [-0.2, 0) is 19.1 Å². The molecule has 1 unspecified atom stereocenters. The van der Waals surface area contributed by atoms with Crippen LogP contribution in [0.15, 0.2) is 0 Å². The molecular formula is C6H6FO4. The Hall–Kier alpha value is -1.26. The summed E-state index contributed by atoms with van der Waals surface area (Å²) in [7, 11) is 0. The molecule has 0 aromatic carbocycles. The fraction of sp³-hybridized carbons (Fsp3) is 0.500. The van der Waals surface area contributed by atoms with Crippen LogP contribution < -0.4 is 0 Å². The molecule has 61 valence electrons. The molecule has 4 nitrogen and oxygen atoms in total. The Kier molecular flexibility index (Phi) is 4.02. The number of carbonyl (C=O) groups is 2. The van der Waals surface area contributed by atoms with Crippen LogP contribution in [0.25, 0.3) is 0 Å². The van der Waals surface area contributed by atoms with E-state index in [1.54, 1.807) is 0 Å². The molecule has 0 fully saturated rings. The molecule has 0 aliphatic heterocycles. The van der Waals surface area contributed by atoms with Gasteiger partial charge in [-0.05, 0) is 0 Å². The van der Waals surface area contributed by atoms with Crippen molar-refractivity contribution >= 4 is 18.2 Å². The van der Waals surface area contributed by atoms with Crippen molar-refractivity contribution < 1.29 is 23.5 Å². The van der Waals surface area contributed by atoms with Crippen molar-refractivity contribution in [2.24, 2.45) is 0 Å². The summed E-state index contributed by atoms with van der Waals surface area (Å²) in [6.45, 7) is 1.01. The van der Waals surface area contributed by atoms with E-state index in [4.69, 9.17) is 0 Å². The lowest BCUT2D eigenvalue weighted by atomic mass is 10.3. The van der Waals surface area contributed by atoms with Crippen LogP contribution in [0, 0.1) is 0 Å². The first-order valence-electron chi connectivity index (χ1n) is 2.79. The molecule has 0 heterocycles. The summed E-state index contributed by atoms with van der Waals surface area (Å²) in [6, 6.07) is 0. The van der Waals surface area contributed by atoms with Crippen LogP contribution >= 0.6 is 0 Å². The Labute approximate surface area is 62.3 Å². The number of carbonyl (C=O) groups excluding carboxylic acids is 3. The highest BCUT2D eigenvalue weighted by Crippen LogP contribution is 1.96. The lowest BCUT2D eigenvalue weighted by molar-refractivity contribution is -0.158. The van der Waals surface area contributed by atoms with Gasteiger partial charge in [0.15, 0.2) is 6.17 Å². The first-order chi connectivity index (χ1) is 5.06. The van der Waals surface area contributed by atoms with Crippen LogP contribution in [0.1, 0.15) is 13.3 Å². The lowest BCUT2D eigenvalue weighted by Crippen LogP contribution is -2.15. The first-order valence-corrected chi connectivity index (χ1v) is 2.79. The number of rotatable bonds is 3. The van der Waals surface area contributed by atoms with Gasteiger partial charge >= 0.3 is 11.9 Å². The van der Waals surface area contributed by atoms with Gasteiger partial charge in [-0.2, -0.15) is 0 Å². The van der Waals surface area contributed by atoms with E-state index in [2.05, 4.69) is 4.74 Å². The fourth-order valence-electron chi connectivity index (χ4n) is 0.390. The first kappa shape index (κ1) is 9.74. The molecular weight excluding hydrogens is 155 g/mol. The number of hydrogen-bond acceptors (Lipinski definition) is 4. The number of alkyl halides is 1.